The van der Waals surface area contributed by atoms with Crippen molar-refractivity contribution in [1.29, 1.82) is 0 Å². The lowest BCUT2D eigenvalue weighted by Crippen LogP contribution is -2.45. The van der Waals surface area contributed by atoms with Gasteiger partial charge in [-0.1, -0.05) is 12.1 Å². The number of rotatable bonds is 2. The Morgan fingerprint density at radius 3 is 2.80 bits per heavy atom. The fraction of sp³-hybridized carbons (Fsp3) is 0.316. The first-order chi connectivity index (χ1) is 11.8. The molecule has 130 valence electrons. The van der Waals surface area contributed by atoms with Crippen molar-refractivity contribution in [3.63, 3.8) is 0 Å². The van der Waals surface area contributed by atoms with E-state index in [4.69, 9.17) is 4.74 Å². The maximum Gasteiger partial charge on any atom is 0.200 e. The van der Waals surface area contributed by atoms with Gasteiger partial charge in [0, 0.05) is 30.5 Å². The lowest BCUT2D eigenvalue weighted by molar-refractivity contribution is -0.0729. The summed E-state index contributed by atoms with van der Waals surface area (Å²) < 4.78 is 7.64. The zero-order valence-corrected chi connectivity index (χ0v) is 14.0. The number of nitrogens with zero attached hydrogens (tertiary/aromatic N) is 1. The number of hydrogen-bond acceptors (Lipinski definition) is 5. The summed E-state index contributed by atoms with van der Waals surface area (Å²) in [5.74, 6) is 0.276. The van der Waals surface area contributed by atoms with Crippen LogP contribution < -0.4 is 10.2 Å². The molecule has 2 heterocycles. The van der Waals surface area contributed by atoms with Gasteiger partial charge in [-0.3, -0.25) is 4.79 Å². The number of aryl methyl sites for hydroxylation is 1. The molecule has 1 aliphatic heterocycles. The number of aliphatic hydroxyl groups excluding tert-OH is 1. The number of para-hydroxylation sites is 1. The lowest BCUT2D eigenvalue weighted by atomic mass is 9.94. The van der Waals surface area contributed by atoms with E-state index >= 15 is 0 Å². The zero-order chi connectivity index (χ0) is 17.9. The Hall–Kier alpha value is -2.57. The molecule has 0 bridgehead atoms. The average Bonchev–Trinajstić information content (AvgIpc) is 3.03. The lowest BCUT2D eigenvalue weighted by Gasteiger charge is -2.26. The van der Waals surface area contributed by atoms with Gasteiger partial charge in [0.2, 0.25) is 5.43 Å². The fourth-order valence-corrected chi connectivity index (χ4v) is 3.61. The van der Waals surface area contributed by atoms with Crippen molar-refractivity contribution in [3.8, 4) is 11.5 Å². The Kier molecular flexibility index (Phi) is 3.32. The van der Waals surface area contributed by atoms with Crippen LogP contribution in [0.2, 0.25) is 0 Å². The SMILES string of the molecule is Cn1c2ccccc2c(=O)c2c(O)cc3c(c21)C[C@H]([C@](C)(O)CO)O3. The van der Waals surface area contributed by atoms with Crippen molar-refractivity contribution in [2.75, 3.05) is 6.61 Å². The van der Waals surface area contributed by atoms with Gasteiger partial charge in [0.25, 0.3) is 0 Å². The molecule has 25 heavy (non-hydrogen) atoms. The predicted octanol–water partition coefficient (Wildman–Crippen LogP) is 1.44. The van der Waals surface area contributed by atoms with Crippen LogP contribution in [0.15, 0.2) is 35.1 Å². The highest BCUT2D eigenvalue weighted by Gasteiger charge is 2.40. The number of ether oxygens (including phenoxy) is 1. The first-order valence-electron chi connectivity index (χ1n) is 8.11. The molecule has 0 fully saturated rings. The third-order valence-electron chi connectivity index (χ3n) is 5.09. The second kappa shape index (κ2) is 5.21. The van der Waals surface area contributed by atoms with Crippen LogP contribution >= 0.6 is 0 Å². The van der Waals surface area contributed by atoms with E-state index in [2.05, 4.69) is 0 Å². The molecule has 3 aromatic rings. The van der Waals surface area contributed by atoms with Gasteiger partial charge < -0.3 is 24.6 Å². The molecule has 0 amide bonds. The number of phenolic OH excluding ortho intramolecular Hbond substituents is 1. The number of fused-ring (bicyclic) bond motifs is 4. The van der Waals surface area contributed by atoms with Crippen LogP contribution in [0.3, 0.4) is 0 Å². The van der Waals surface area contributed by atoms with E-state index in [9.17, 15) is 20.1 Å². The molecule has 0 aliphatic carbocycles. The molecule has 0 unspecified atom stereocenters. The van der Waals surface area contributed by atoms with Crippen molar-refractivity contribution in [2.24, 2.45) is 7.05 Å². The highest BCUT2D eigenvalue weighted by Crippen LogP contribution is 2.41. The van der Waals surface area contributed by atoms with E-state index in [0.717, 1.165) is 11.1 Å². The summed E-state index contributed by atoms with van der Waals surface area (Å²) in [4.78, 5) is 12.9. The Balaban J connectivity index is 2.07. The molecule has 0 saturated heterocycles. The van der Waals surface area contributed by atoms with E-state index in [1.54, 1.807) is 12.1 Å². The third kappa shape index (κ3) is 2.14. The number of hydrogen-bond donors (Lipinski definition) is 3. The molecule has 0 spiro atoms. The molecule has 0 radical (unpaired) electrons. The van der Waals surface area contributed by atoms with Gasteiger partial charge in [0.05, 0.1) is 23.0 Å². The maximum absolute atomic E-state index is 12.9. The fourth-order valence-electron chi connectivity index (χ4n) is 3.61. The van der Waals surface area contributed by atoms with Crippen LogP contribution in [0.5, 0.6) is 11.5 Å². The van der Waals surface area contributed by atoms with Crippen LogP contribution in [0.1, 0.15) is 12.5 Å². The molecule has 6 nitrogen and oxygen atoms in total. The van der Waals surface area contributed by atoms with E-state index in [-0.39, 0.29) is 16.6 Å². The molecule has 2 atom stereocenters. The molecule has 1 aromatic heterocycles. The van der Waals surface area contributed by atoms with Crippen LogP contribution in [-0.4, -0.2) is 38.2 Å². The van der Waals surface area contributed by atoms with Gasteiger partial charge in [0.1, 0.15) is 23.2 Å². The standard InChI is InChI=1S/C19H19NO5/c1-19(24,9-21)15-7-11-14(25-15)8-13(22)16-17(11)20(2)12-6-4-3-5-10(12)18(16)23/h3-6,8,15,21-22,24H,7,9H2,1-2H3/t15-,19-/m1/s1. The predicted molar refractivity (Wildman–Crippen MR) is 94.2 cm³/mol. The quantitative estimate of drug-likeness (QED) is 0.614. The first kappa shape index (κ1) is 15.9. The van der Waals surface area contributed by atoms with Crippen LogP contribution in [0.4, 0.5) is 0 Å². The van der Waals surface area contributed by atoms with E-state index in [1.165, 1.54) is 13.0 Å². The largest absolute Gasteiger partial charge is 0.507 e. The monoisotopic (exact) mass is 341 g/mol. The van der Waals surface area contributed by atoms with Crippen molar-refractivity contribution in [3.05, 3.63) is 46.1 Å². The second-order valence-electron chi connectivity index (χ2n) is 6.83. The molecular formula is C19H19NO5. The third-order valence-corrected chi connectivity index (χ3v) is 5.09. The minimum absolute atomic E-state index is 0.149. The van der Waals surface area contributed by atoms with E-state index in [1.807, 2.05) is 23.7 Å². The Morgan fingerprint density at radius 2 is 2.08 bits per heavy atom. The number of pyridine rings is 1. The molecule has 2 aromatic carbocycles. The molecular weight excluding hydrogens is 322 g/mol. The zero-order valence-electron chi connectivity index (χ0n) is 14.0. The summed E-state index contributed by atoms with van der Waals surface area (Å²) in [6.45, 7) is 1.05. The van der Waals surface area contributed by atoms with Crippen molar-refractivity contribution in [1.82, 2.24) is 4.57 Å². The van der Waals surface area contributed by atoms with Crippen molar-refractivity contribution in [2.45, 2.75) is 25.0 Å². The first-order valence-corrected chi connectivity index (χ1v) is 8.11. The van der Waals surface area contributed by atoms with Crippen molar-refractivity contribution < 1.29 is 20.1 Å². The van der Waals surface area contributed by atoms with Gasteiger partial charge in [-0.25, -0.2) is 0 Å². The summed E-state index contributed by atoms with van der Waals surface area (Å²) in [6, 6.07) is 8.65. The summed E-state index contributed by atoms with van der Waals surface area (Å²) >= 11 is 0. The number of benzene rings is 2. The maximum atomic E-state index is 12.9. The molecule has 3 N–H and O–H groups in total. The van der Waals surface area contributed by atoms with Crippen LogP contribution in [0.25, 0.3) is 21.8 Å². The summed E-state index contributed by atoms with van der Waals surface area (Å²) in [5, 5.41) is 31.0. The summed E-state index contributed by atoms with van der Waals surface area (Å²) in [5.41, 5.74) is 0.440. The number of aliphatic hydroxyl groups is 2. The van der Waals surface area contributed by atoms with Gasteiger partial charge in [-0.2, -0.15) is 0 Å². The average molecular weight is 341 g/mol. The smallest absolute Gasteiger partial charge is 0.200 e. The van der Waals surface area contributed by atoms with Gasteiger partial charge in [-0.05, 0) is 19.1 Å². The number of phenols is 1. The minimum atomic E-state index is -1.42. The Morgan fingerprint density at radius 1 is 1.36 bits per heavy atom. The summed E-state index contributed by atoms with van der Waals surface area (Å²) in [7, 11) is 1.83. The van der Waals surface area contributed by atoms with Crippen LogP contribution in [0, 0.1) is 0 Å². The normalized spacial score (nSPS) is 19.0. The molecule has 6 heteroatoms. The van der Waals surface area contributed by atoms with Gasteiger partial charge >= 0.3 is 0 Å². The molecule has 4 rings (SSSR count). The summed E-state index contributed by atoms with van der Waals surface area (Å²) in [6.07, 6.45) is -0.315. The van der Waals surface area contributed by atoms with Crippen LogP contribution in [-0.2, 0) is 13.5 Å². The highest BCUT2D eigenvalue weighted by atomic mass is 16.5. The van der Waals surface area contributed by atoms with Gasteiger partial charge in [-0.15, -0.1) is 0 Å². The Bertz CT molecular complexity index is 1070. The topological polar surface area (TPSA) is 91.9 Å². The number of aromatic nitrogens is 1. The van der Waals surface area contributed by atoms with E-state index < -0.39 is 18.3 Å². The van der Waals surface area contributed by atoms with Gasteiger partial charge in [0.15, 0.2) is 0 Å². The highest BCUT2D eigenvalue weighted by molar-refractivity contribution is 5.99. The molecule has 0 saturated carbocycles. The second-order valence-corrected chi connectivity index (χ2v) is 6.83. The van der Waals surface area contributed by atoms with Crippen molar-refractivity contribution >= 4 is 21.8 Å². The Labute approximate surface area is 143 Å². The molecule has 1 aliphatic rings. The van der Waals surface area contributed by atoms with E-state index in [0.29, 0.717) is 23.1 Å². The minimum Gasteiger partial charge on any atom is -0.507 e. The number of aromatic hydroxyl groups is 1.